The van der Waals surface area contributed by atoms with Crippen molar-refractivity contribution in [2.24, 2.45) is 11.1 Å². The number of benzene rings is 1. The van der Waals surface area contributed by atoms with E-state index in [4.69, 9.17) is 9.57 Å². The van der Waals surface area contributed by atoms with Crippen molar-refractivity contribution in [3.8, 4) is 11.8 Å². The van der Waals surface area contributed by atoms with Crippen LogP contribution in [0.25, 0.3) is 0 Å². The molecule has 1 fully saturated rings. The Morgan fingerprint density at radius 3 is 2.39 bits per heavy atom. The first-order valence-corrected chi connectivity index (χ1v) is 11.3. The number of anilines is 1. The van der Waals surface area contributed by atoms with Crippen LogP contribution in [-0.4, -0.2) is 42.6 Å². The summed E-state index contributed by atoms with van der Waals surface area (Å²) in [5, 5.41) is 3.70. The van der Waals surface area contributed by atoms with Crippen LogP contribution in [0.3, 0.4) is 0 Å². The molecule has 1 aromatic heterocycles. The minimum Gasteiger partial charge on any atom is -0.424 e. The van der Waals surface area contributed by atoms with Crippen molar-refractivity contribution in [1.82, 2.24) is 9.97 Å². The molecule has 1 aliphatic rings. The molecule has 1 aromatic carbocycles. The molecule has 9 nitrogen and oxygen atoms in total. The molecule has 0 atom stereocenters. The smallest absolute Gasteiger partial charge is 0.424 e. The zero-order valence-corrected chi connectivity index (χ0v) is 18.6. The number of hydrogen-bond acceptors (Lipinski definition) is 8. The van der Waals surface area contributed by atoms with Crippen molar-refractivity contribution in [1.29, 1.82) is 0 Å². The quantitative estimate of drug-likeness (QED) is 0.429. The molecule has 0 N–H and O–H groups in total. The number of hydrogen-bond donors (Lipinski definition) is 0. The first kappa shape index (κ1) is 24.4. The highest BCUT2D eigenvalue weighted by atomic mass is 32.2. The third-order valence-electron chi connectivity index (χ3n) is 4.99. The minimum absolute atomic E-state index is 0.0218. The van der Waals surface area contributed by atoms with E-state index in [1.54, 1.807) is 6.07 Å². The number of nitrogens with zero attached hydrogens (tertiary/aromatic N) is 4. The summed E-state index contributed by atoms with van der Waals surface area (Å²) in [4.78, 5) is 25.6. The Hall–Kier alpha value is -3.22. The van der Waals surface area contributed by atoms with Gasteiger partial charge in [-0.25, -0.2) is 9.97 Å². The van der Waals surface area contributed by atoms with Crippen molar-refractivity contribution in [3.63, 3.8) is 0 Å². The summed E-state index contributed by atoms with van der Waals surface area (Å²) in [6, 6.07) is 5.03. The fraction of sp³-hybridized carbons (Fsp3) is 0.400. The van der Waals surface area contributed by atoms with Crippen LogP contribution in [0, 0.1) is 5.92 Å². The van der Waals surface area contributed by atoms with Crippen LogP contribution in [0.5, 0.6) is 11.8 Å². The lowest BCUT2D eigenvalue weighted by molar-refractivity contribution is -0.121. The average molecular weight is 486 g/mol. The van der Waals surface area contributed by atoms with Gasteiger partial charge in [0.2, 0.25) is 5.91 Å². The fourth-order valence-electron chi connectivity index (χ4n) is 3.48. The Morgan fingerprint density at radius 1 is 1.18 bits per heavy atom. The Kier molecular flexibility index (Phi) is 7.20. The maximum absolute atomic E-state index is 13.6. The number of halogens is 3. The second-order valence-corrected chi connectivity index (χ2v) is 8.98. The van der Waals surface area contributed by atoms with Crippen LogP contribution in [-0.2, 0) is 19.7 Å². The van der Waals surface area contributed by atoms with E-state index < -0.39 is 33.0 Å². The third-order valence-corrected chi connectivity index (χ3v) is 6.44. The number of carbonyl (C=O) groups is 1. The molecule has 13 heteroatoms. The highest BCUT2D eigenvalue weighted by molar-refractivity contribution is 7.94. The largest absolute Gasteiger partial charge is 0.517 e. The number of carbonyl (C=O) groups excluding carboxylic acids is 1. The molecular weight excluding hydrogens is 465 g/mol. The van der Waals surface area contributed by atoms with Crippen LogP contribution < -0.4 is 9.04 Å². The molecule has 0 saturated heterocycles. The molecule has 0 aliphatic heterocycles. The van der Waals surface area contributed by atoms with E-state index in [2.05, 4.69) is 15.1 Å². The standard InChI is InChI=1S/C20H21F3N4O5S/c1-13(26-31-2)16-12-15(32-19-24-10-5-11-25-19)8-9-17(16)27(33(29,30)20(21,22)23)18(28)14-6-3-4-7-14/h5,8-12,14H,3-4,6-7H2,1-2H3. The lowest BCUT2D eigenvalue weighted by atomic mass is 10.0. The highest BCUT2D eigenvalue weighted by Crippen LogP contribution is 2.38. The van der Waals surface area contributed by atoms with Gasteiger partial charge in [-0.3, -0.25) is 4.79 Å². The van der Waals surface area contributed by atoms with Crippen LogP contribution >= 0.6 is 0 Å². The maximum atomic E-state index is 13.6. The Morgan fingerprint density at radius 2 is 1.82 bits per heavy atom. The van der Waals surface area contributed by atoms with Gasteiger partial charge in [-0.15, -0.1) is 0 Å². The molecule has 2 aromatic rings. The first-order chi connectivity index (χ1) is 15.6. The van der Waals surface area contributed by atoms with Gasteiger partial charge in [0.25, 0.3) is 0 Å². The average Bonchev–Trinajstić information content (AvgIpc) is 3.30. The van der Waals surface area contributed by atoms with E-state index in [1.807, 2.05) is 0 Å². The number of amides is 1. The van der Waals surface area contributed by atoms with Crippen LogP contribution in [0.15, 0.2) is 41.8 Å². The van der Waals surface area contributed by atoms with Gasteiger partial charge < -0.3 is 9.57 Å². The molecule has 1 amide bonds. The molecule has 1 saturated carbocycles. The van der Waals surface area contributed by atoms with E-state index in [9.17, 15) is 26.4 Å². The third kappa shape index (κ3) is 5.24. The molecule has 1 heterocycles. The molecule has 0 bridgehead atoms. The first-order valence-electron chi connectivity index (χ1n) is 9.88. The van der Waals surface area contributed by atoms with Crippen molar-refractivity contribution in [3.05, 3.63) is 42.2 Å². The minimum atomic E-state index is -6.05. The molecule has 3 rings (SSSR count). The van der Waals surface area contributed by atoms with Gasteiger partial charge in [-0.05, 0) is 44.0 Å². The fourth-order valence-corrected chi connectivity index (χ4v) is 4.50. The topological polar surface area (TPSA) is 111 Å². The van der Waals surface area contributed by atoms with Crippen LogP contribution in [0.4, 0.5) is 18.9 Å². The van der Waals surface area contributed by atoms with Gasteiger partial charge in [0, 0.05) is 23.9 Å². The second-order valence-electron chi connectivity index (χ2n) is 7.21. The number of aromatic nitrogens is 2. The van der Waals surface area contributed by atoms with Gasteiger partial charge in [0.1, 0.15) is 12.9 Å². The summed E-state index contributed by atoms with van der Waals surface area (Å²) in [6.45, 7) is 1.39. The molecule has 0 radical (unpaired) electrons. The van der Waals surface area contributed by atoms with Gasteiger partial charge >= 0.3 is 21.5 Å². The summed E-state index contributed by atoms with van der Waals surface area (Å²) >= 11 is 0. The van der Waals surface area contributed by atoms with Gasteiger partial charge in [-0.1, -0.05) is 18.0 Å². The van der Waals surface area contributed by atoms with Gasteiger partial charge in [0.05, 0.1) is 11.4 Å². The normalized spacial score (nSPS) is 15.4. The predicted octanol–water partition coefficient (Wildman–Crippen LogP) is 4.01. The van der Waals surface area contributed by atoms with Gasteiger partial charge in [0.15, 0.2) is 0 Å². The number of sulfonamides is 1. The SMILES string of the molecule is CON=C(C)c1cc(Oc2ncccn2)ccc1N(C(=O)C1CCCC1)S(=O)(=O)C(F)(F)F. The summed E-state index contributed by atoms with van der Waals surface area (Å²) in [5.74, 6) is -1.90. The summed E-state index contributed by atoms with van der Waals surface area (Å²) in [5.41, 5.74) is -6.29. The van der Waals surface area contributed by atoms with Crippen molar-refractivity contribution in [2.45, 2.75) is 38.1 Å². The van der Waals surface area contributed by atoms with Crippen LogP contribution in [0.2, 0.25) is 0 Å². The highest BCUT2D eigenvalue weighted by Gasteiger charge is 2.54. The molecule has 0 unspecified atom stereocenters. The van der Waals surface area contributed by atoms with E-state index >= 15 is 0 Å². The van der Waals surface area contributed by atoms with Gasteiger partial charge in [-0.2, -0.15) is 25.9 Å². The van der Waals surface area contributed by atoms with Crippen molar-refractivity contribution < 1.29 is 36.0 Å². The predicted molar refractivity (Wildman–Crippen MR) is 112 cm³/mol. The van der Waals surface area contributed by atoms with E-state index in [0.717, 1.165) is 6.07 Å². The monoisotopic (exact) mass is 486 g/mol. The lowest BCUT2D eigenvalue weighted by Gasteiger charge is -2.28. The Balaban J connectivity index is 2.17. The van der Waals surface area contributed by atoms with E-state index in [0.29, 0.717) is 25.7 Å². The van der Waals surface area contributed by atoms with Crippen LogP contribution in [0.1, 0.15) is 38.2 Å². The second kappa shape index (κ2) is 9.73. The van der Waals surface area contributed by atoms with Crippen molar-refractivity contribution in [2.75, 3.05) is 11.4 Å². The number of rotatable bonds is 7. The Labute approximate surface area is 188 Å². The molecule has 33 heavy (non-hydrogen) atoms. The number of alkyl halides is 3. The maximum Gasteiger partial charge on any atom is 0.517 e. The molecule has 0 spiro atoms. The van der Waals surface area contributed by atoms with Crippen molar-refractivity contribution >= 4 is 27.3 Å². The molecule has 178 valence electrons. The lowest BCUT2D eigenvalue weighted by Crippen LogP contribution is -2.47. The summed E-state index contributed by atoms with van der Waals surface area (Å²) < 4.78 is 71.1. The molecule has 1 aliphatic carbocycles. The zero-order chi connectivity index (χ0) is 24.2. The summed E-state index contributed by atoms with van der Waals surface area (Å²) in [7, 11) is -4.83. The number of oxime groups is 1. The van der Waals surface area contributed by atoms with E-state index in [-0.39, 0.29) is 27.3 Å². The summed E-state index contributed by atoms with van der Waals surface area (Å²) in [6.07, 6.45) is 4.69. The molecular formula is C20H21F3N4O5S. The zero-order valence-electron chi connectivity index (χ0n) is 17.7. The van der Waals surface area contributed by atoms with E-state index in [1.165, 1.54) is 38.6 Å². The number of ether oxygens (including phenoxy) is 1. The Bertz CT molecular complexity index is 1130.